The van der Waals surface area contributed by atoms with Gasteiger partial charge in [0.2, 0.25) is 0 Å². The largest absolute Gasteiger partial charge is 0.481 e. The van der Waals surface area contributed by atoms with Crippen molar-refractivity contribution in [3.8, 4) is 0 Å². The van der Waals surface area contributed by atoms with E-state index >= 15 is 0 Å². The van der Waals surface area contributed by atoms with Crippen LogP contribution in [0, 0.1) is 0 Å². The molecule has 112 valence electrons. The maximum absolute atomic E-state index is 12.1. The second-order valence-corrected chi connectivity index (χ2v) is 4.43. The monoisotopic (exact) mass is 293 g/mol. The number of amides is 2. The van der Waals surface area contributed by atoms with Crippen LogP contribution in [0.1, 0.15) is 20.3 Å². The van der Waals surface area contributed by atoms with Crippen molar-refractivity contribution in [2.45, 2.75) is 20.3 Å². The highest BCUT2D eigenvalue weighted by Crippen LogP contribution is 2.06. The molecule has 0 radical (unpaired) electrons. The van der Waals surface area contributed by atoms with Gasteiger partial charge < -0.3 is 14.9 Å². The first-order chi connectivity index (χ1) is 8.58. The van der Waals surface area contributed by atoms with Crippen molar-refractivity contribution in [3.63, 3.8) is 0 Å². The quantitative estimate of drug-likeness (QED) is 0.820. The summed E-state index contributed by atoms with van der Waals surface area (Å²) in [6, 6.07) is 0.0953. The Kier molecular flexibility index (Phi) is 8.51. The van der Waals surface area contributed by atoms with Gasteiger partial charge in [0.1, 0.15) is 0 Å². The number of carbonyl (C=O) groups excluding carboxylic acids is 1. The average molecular weight is 294 g/mol. The second-order valence-electron chi connectivity index (χ2n) is 4.43. The summed E-state index contributed by atoms with van der Waals surface area (Å²) in [5, 5.41) is 8.62. The lowest BCUT2D eigenvalue weighted by Gasteiger charge is -2.36. The number of hydrogen-bond acceptors (Lipinski definition) is 3. The lowest BCUT2D eigenvalue weighted by atomic mass is 10.3. The van der Waals surface area contributed by atoms with Crippen LogP contribution in [-0.4, -0.2) is 77.6 Å². The second kappa shape index (κ2) is 8.98. The number of urea groups is 1. The summed E-state index contributed by atoms with van der Waals surface area (Å²) >= 11 is 0. The van der Waals surface area contributed by atoms with Gasteiger partial charge >= 0.3 is 12.0 Å². The average Bonchev–Trinajstić information content (AvgIpc) is 2.38. The van der Waals surface area contributed by atoms with Gasteiger partial charge in [-0.15, -0.1) is 12.4 Å². The van der Waals surface area contributed by atoms with Crippen molar-refractivity contribution < 1.29 is 14.7 Å². The zero-order valence-electron chi connectivity index (χ0n) is 11.7. The molecule has 1 aliphatic heterocycles. The van der Waals surface area contributed by atoms with Crippen LogP contribution in [0.25, 0.3) is 0 Å². The molecule has 0 atom stereocenters. The Morgan fingerprint density at radius 1 is 1.11 bits per heavy atom. The summed E-state index contributed by atoms with van der Waals surface area (Å²) in [5.74, 6) is -0.767. The summed E-state index contributed by atoms with van der Waals surface area (Å²) in [6.07, 6.45) is 0.171. The van der Waals surface area contributed by atoms with E-state index in [4.69, 9.17) is 5.11 Å². The van der Waals surface area contributed by atoms with E-state index in [9.17, 15) is 9.59 Å². The maximum Gasteiger partial charge on any atom is 0.320 e. The Balaban J connectivity index is 0.00000324. The molecule has 19 heavy (non-hydrogen) atoms. The maximum atomic E-state index is 12.1. The topological polar surface area (TPSA) is 64.1 Å². The molecule has 0 bridgehead atoms. The third-order valence-corrected chi connectivity index (χ3v) is 3.32. The van der Waals surface area contributed by atoms with Crippen LogP contribution in [0.2, 0.25) is 0 Å². The van der Waals surface area contributed by atoms with Crippen molar-refractivity contribution in [1.82, 2.24) is 14.7 Å². The Morgan fingerprint density at radius 2 is 1.63 bits per heavy atom. The molecule has 1 aliphatic rings. The SMILES string of the molecule is CCN(CC)C(=O)N1CCN(CCC(=O)O)CC1.Cl. The molecule has 0 aromatic carbocycles. The number of piperazine rings is 1. The molecular formula is C12H24ClN3O3. The van der Waals surface area contributed by atoms with E-state index in [1.165, 1.54) is 0 Å². The molecule has 0 saturated carbocycles. The van der Waals surface area contributed by atoms with Crippen LogP contribution in [-0.2, 0) is 4.79 Å². The molecule has 1 rings (SSSR count). The Labute approximate surface area is 120 Å². The van der Waals surface area contributed by atoms with E-state index in [2.05, 4.69) is 4.90 Å². The number of carboxylic acids is 1. The van der Waals surface area contributed by atoms with Gasteiger partial charge in [-0.2, -0.15) is 0 Å². The highest BCUT2D eigenvalue weighted by atomic mass is 35.5. The Morgan fingerprint density at radius 3 is 2.05 bits per heavy atom. The summed E-state index contributed by atoms with van der Waals surface area (Å²) in [4.78, 5) is 28.3. The molecule has 1 fully saturated rings. The van der Waals surface area contributed by atoms with Gasteiger partial charge in [0.25, 0.3) is 0 Å². The van der Waals surface area contributed by atoms with Gasteiger partial charge in [-0.1, -0.05) is 0 Å². The minimum atomic E-state index is -0.767. The van der Waals surface area contributed by atoms with Crippen LogP contribution in [0.5, 0.6) is 0 Å². The van der Waals surface area contributed by atoms with E-state index < -0.39 is 5.97 Å². The van der Waals surface area contributed by atoms with E-state index in [0.717, 1.165) is 26.2 Å². The highest BCUT2D eigenvalue weighted by molar-refractivity contribution is 5.85. The molecule has 1 heterocycles. The molecular weight excluding hydrogens is 270 g/mol. The summed E-state index contributed by atoms with van der Waals surface area (Å²) in [7, 11) is 0. The zero-order valence-corrected chi connectivity index (χ0v) is 12.5. The minimum absolute atomic E-state index is 0. The number of rotatable bonds is 5. The fourth-order valence-electron chi connectivity index (χ4n) is 2.11. The predicted molar refractivity (Wildman–Crippen MR) is 75.8 cm³/mol. The highest BCUT2D eigenvalue weighted by Gasteiger charge is 2.23. The first-order valence-electron chi connectivity index (χ1n) is 6.56. The normalized spacial score (nSPS) is 15.8. The van der Waals surface area contributed by atoms with Gasteiger partial charge in [0.05, 0.1) is 6.42 Å². The Bertz CT molecular complexity index is 290. The molecule has 0 aliphatic carbocycles. The van der Waals surface area contributed by atoms with Crippen molar-refractivity contribution in [1.29, 1.82) is 0 Å². The van der Waals surface area contributed by atoms with Gasteiger partial charge in [-0.25, -0.2) is 4.79 Å². The number of carboxylic acid groups (broad SMARTS) is 1. The smallest absolute Gasteiger partial charge is 0.320 e. The Hall–Kier alpha value is -1.01. The number of carbonyl (C=O) groups is 2. The fourth-order valence-corrected chi connectivity index (χ4v) is 2.11. The van der Waals surface area contributed by atoms with Gasteiger partial charge in [0.15, 0.2) is 0 Å². The number of nitrogens with zero attached hydrogens (tertiary/aromatic N) is 3. The van der Waals surface area contributed by atoms with Crippen LogP contribution in [0.15, 0.2) is 0 Å². The van der Waals surface area contributed by atoms with Crippen LogP contribution in [0.3, 0.4) is 0 Å². The number of hydrogen-bond donors (Lipinski definition) is 1. The van der Waals surface area contributed by atoms with Crippen LogP contribution < -0.4 is 0 Å². The van der Waals surface area contributed by atoms with Crippen molar-refractivity contribution >= 4 is 24.4 Å². The fraction of sp³-hybridized carbons (Fsp3) is 0.833. The number of halogens is 1. The third-order valence-electron chi connectivity index (χ3n) is 3.32. The van der Waals surface area contributed by atoms with E-state index in [1.807, 2.05) is 23.6 Å². The lowest BCUT2D eigenvalue weighted by Crippen LogP contribution is -2.53. The predicted octanol–water partition coefficient (Wildman–Crippen LogP) is 0.962. The van der Waals surface area contributed by atoms with Crippen LogP contribution in [0.4, 0.5) is 4.79 Å². The van der Waals surface area contributed by atoms with Gasteiger partial charge in [-0.3, -0.25) is 9.69 Å². The first kappa shape index (κ1) is 18.0. The van der Waals surface area contributed by atoms with E-state index in [-0.39, 0.29) is 24.9 Å². The molecule has 0 unspecified atom stereocenters. The van der Waals surface area contributed by atoms with Gasteiger partial charge in [0, 0.05) is 45.8 Å². The third kappa shape index (κ3) is 5.65. The van der Waals surface area contributed by atoms with Gasteiger partial charge in [-0.05, 0) is 13.8 Å². The molecule has 6 nitrogen and oxygen atoms in total. The van der Waals surface area contributed by atoms with E-state index in [1.54, 1.807) is 0 Å². The summed E-state index contributed by atoms with van der Waals surface area (Å²) < 4.78 is 0. The summed E-state index contributed by atoms with van der Waals surface area (Å²) in [6.45, 7) is 8.89. The number of aliphatic carboxylic acids is 1. The molecule has 7 heteroatoms. The lowest BCUT2D eigenvalue weighted by molar-refractivity contribution is -0.137. The summed E-state index contributed by atoms with van der Waals surface area (Å²) in [5.41, 5.74) is 0. The molecule has 0 spiro atoms. The van der Waals surface area contributed by atoms with Crippen molar-refractivity contribution in [3.05, 3.63) is 0 Å². The first-order valence-corrected chi connectivity index (χ1v) is 6.56. The minimum Gasteiger partial charge on any atom is -0.481 e. The van der Waals surface area contributed by atoms with E-state index in [0.29, 0.717) is 19.6 Å². The molecule has 0 aromatic rings. The molecule has 2 amide bonds. The molecule has 0 aromatic heterocycles. The molecule has 1 N–H and O–H groups in total. The van der Waals surface area contributed by atoms with Crippen molar-refractivity contribution in [2.24, 2.45) is 0 Å². The van der Waals surface area contributed by atoms with Crippen LogP contribution >= 0.6 is 12.4 Å². The van der Waals surface area contributed by atoms with Crippen molar-refractivity contribution in [2.75, 3.05) is 45.8 Å². The zero-order chi connectivity index (χ0) is 13.5. The molecule has 1 saturated heterocycles. The standard InChI is InChI=1S/C12H23N3O3.ClH/c1-3-14(4-2)12(18)15-9-7-13(8-10-15)6-5-11(16)17;/h3-10H2,1-2H3,(H,16,17);1H.